The Morgan fingerprint density at radius 1 is 1.22 bits per heavy atom. The molecule has 1 saturated carbocycles. The number of ether oxygens (including phenoxy) is 1. The first kappa shape index (κ1) is 17.7. The van der Waals surface area contributed by atoms with Crippen molar-refractivity contribution in [2.75, 3.05) is 11.9 Å². The molecular weight excluding hydrogens is 408 g/mol. The summed E-state index contributed by atoms with van der Waals surface area (Å²) in [7, 11) is 0. The Labute approximate surface area is 165 Å². The van der Waals surface area contributed by atoms with E-state index in [1.54, 1.807) is 11.0 Å². The van der Waals surface area contributed by atoms with Gasteiger partial charge in [0.2, 0.25) is 5.91 Å². The summed E-state index contributed by atoms with van der Waals surface area (Å²) in [5, 5.41) is 7.08. The largest absolute Gasteiger partial charge is 0.492 e. The minimum atomic E-state index is -0.412. The van der Waals surface area contributed by atoms with Crippen LogP contribution in [0.2, 0.25) is 0 Å². The molecule has 4 rings (SSSR count). The maximum Gasteiger partial charge on any atom is 0.235 e. The van der Waals surface area contributed by atoms with Crippen LogP contribution in [0.4, 0.5) is 5.69 Å². The second kappa shape index (κ2) is 7.52. The molecule has 7 heteroatoms. The van der Waals surface area contributed by atoms with Gasteiger partial charge in [0, 0.05) is 16.2 Å². The molecule has 0 spiro atoms. The first-order chi connectivity index (χ1) is 13.2. The third-order valence-electron chi connectivity index (χ3n) is 4.73. The first-order valence-electron chi connectivity index (χ1n) is 8.78. The number of halogens is 1. The molecule has 0 aliphatic heterocycles. The molecule has 3 aromatic rings. The molecule has 1 amide bonds. The van der Waals surface area contributed by atoms with Crippen LogP contribution in [0.5, 0.6) is 5.75 Å². The van der Waals surface area contributed by atoms with Crippen molar-refractivity contribution in [2.24, 2.45) is 0 Å². The summed E-state index contributed by atoms with van der Waals surface area (Å²) in [5.74, 6) is 0.742. The standard InChI is InChI=1S/C20H19BrN4O2/c21-16-6-4-15(5-7-16)20(8-9-20)19(26)24-17-2-1-3-18(12-17)27-11-10-25-14-22-13-23-25/h1-7,12-14H,8-11H2,(H,24,26). The Kier molecular flexibility index (Phi) is 4.94. The van der Waals surface area contributed by atoms with Crippen LogP contribution in [0.15, 0.2) is 65.7 Å². The topological polar surface area (TPSA) is 69.0 Å². The third-order valence-corrected chi connectivity index (χ3v) is 5.26. The zero-order chi connectivity index (χ0) is 18.7. The van der Waals surface area contributed by atoms with E-state index in [2.05, 4.69) is 31.3 Å². The molecule has 0 saturated heterocycles. The van der Waals surface area contributed by atoms with Gasteiger partial charge in [-0.3, -0.25) is 4.79 Å². The number of nitrogens with zero attached hydrogens (tertiary/aromatic N) is 3. The molecule has 6 nitrogen and oxygen atoms in total. The Balaban J connectivity index is 1.39. The van der Waals surface area contributed by atoms with Crippen LogP contribution >= 0.6 is 15.9 Å². The monoisotopic (exact) mass is 426 g/mol. The van der Waals surface area contributed by atoms with Crippen LogP contribution in [0.3, 0.4) is 0 Å². The van der Waals surface area contributed by atoms with Crippen LogP contribution in [0, 0.1) is 0 Å². The lowest BCUT2D eigenvalue weighted by molar-refractivity contribution is -0.118. The normalized spacial score (nSPS) is 14.6. The molecule has 1 N–H and O–H groups in total. The second-order valence-electron chi connectivity index (χ2n) is 6.58. The minimum Gasteiger partial charge on any atom is -0.492 e. The molecule has 1 heterocycles. The maximum absolute atomic E-state index is 12.9. The number of hydrogen-bond donors (Lipinski definition) is 1. The molecule has 0 unspecified atom stereocenters. The number of nitrogens with one attached hydrogen (secondary N) is 1. The maximum atomic E-state index is 12.9. The van der Waals surface area contributed by atoms with Crippen molar-refractivity contribution in [2.45, 2.75) is 24.8 Å². The van der Waals surface area contributed by atoms with E-state index in [0.717, 1.165) is 28.6 Å². The van der Waals surface area contributed by atoms with Crippen molar-refractivity contribution in [1.29, 1.82) is 0 Å². The highest BCUT2D eigenvalue weighted by Gasteiger charge is 2.51. The summed E-state index contributed by atoms with van der Waals surface area (Å²) in [6.07, 6.45) is 4.88. The van der Waals surface area contributed by atoms with E-state index in [4.69, 9.17) is 4.74 Å². The van der Waals surface area contributed by atoms with Gasteiger partial charge in [0.15, 0.2) is 0 Å². The number of anilines is 1. The van der Waals surface area contributed by atoms with Crippen LogP contribution in [-0.2, 0) is 16.8 Å². The van der Waals surface area contributed by atoms with Crippen LogP contribution in [-0.4, -0.2) is 27.3 Å². The van der Waals surface area contributed by atoms with Gasteiger partial charge in [-0.15, -0.1) is 0 Å². The van der Waals surface area contributed by atoms with Gasteiger partial charge in [-0.25, -0.2) is 9.67 Å². The lowest BCUT2D eigenvalue weighted by Crippen LogP contribution is -2.27. The number of hydrogen-bond acceptors (Lipinski definition) is 4. The second-order valence-corrected chi connectivity index (χ2v) is 7.49. The third kappa shape index (κ3) is 4.03. The number of carbonyl (C=O) groups is 1. The van der Waals surface area contributed by atoms with Gasteiger partial charge in [-0.05, 0) is 42.7 Å². The predicted molar refractivity (Wildman–Crippen MR) is 106 cm³/mol. The van der Waals surface area contributed by atoms with Crippen molar-refractivity contribution in [1.82, 2.24) is 14.8 Å². The lowest BCUT2D eigenvalue weighted by atomic mass is 9.95. The van der Waals surface area contributed by atoms with Gasteiger partial charge in [0.25, 0.3) is 0 Å². The van der Waals surface area contributed by atoms with E-state index in [-0.39, 0.29) is 5.91 Å². The number of carbonyl (C=O) groups excluding carboxylic acids is 1. The Morgan fingerprint density at radius 3 is 2.74 bits per heavy atom. The van der Waals surface area contributed by atoms with Crippen LogP contribution in [0.1, 0.15) is 18.4 Å². The van der Waals surface area contributed by atoms with Crippen molar-refractivity contribution < 1.29 is 9.53 Å². The predicted octanol–water partition coefficient (Wildman–Crippen LogP) is 3.79. The molecule has 1 aliphatic carbocycles. The fraction of sp³-hybridized carbons (Fsp3) is 0.250. The van der Waals surface area contributed by atoms with Gasteiger partial charge in [0.1, 0.15) is 25.0 Å². The van der Waals surface area contributed by atoms with Gasteiger partial charge < -0.3 is 10.1 Å². The van der Waals surface area contributed by atoms with E-state index in [9.17, 15) is 4.79 Å². The van der Waals surface area contributed by atoms with Crippen molar-refractivity contribution in [3.05, 3.63) is 71.2 Å². The molecular formula is C20H19BrN4O2. The SMILES string of the molecule is O=C(Nc1cccc(OCCn2cncn2)c1)C1(c2ccc(Br)cc2)CC1. The van der Waals surface area contributed by atoms with Crippen LogP contribution < -0.4 is 10.1 Å². The molecule has 1 fully saturated rings. The zero-order valence-electron chi connectivity index (χ0n) is 14.6. The number of aromatic nitrogens is 3. The van der Waals surface area contributed by atoms with Crippen molar-refractivity contribution in [3.8, 4) is 5.75 Å². The van der Waals surface area contributed by atoms with E-state index in [1.165, 1.54) is 6.33 Å². The highest BCUT2D eigenvalue weighted by Crippen LogP contribution is 2.49. The van der Waals surface area contributed by atoms with Crippen LogP contribution in [0.25, 0.3) is 0 Å². The summed E-state index contributed by atoms with van der Waals surface area (Å²) >= 11 is 3.44. The Morgan fingerprint density at radius 2 is 2.04 bits per heavy atom. The molecule has 0 radical (unpaired) electrons. The average Bonchev–Trinajstić information content (AvgIpc) is 3.32. The van der Waals surface area contributed by atoms with Gasteiger partial charge in [-0.1, -0.05) is 34.1 Å². The number of benzene rings is 2. The summed E-state index contributed by atoms with van der Waals surface area (Å²) in [5.41, 5.74) is 1.38. The van der Waals surface area contributed by atoms with Gasteiger partial charge in [-0.2, -0.15) is 5.10 Å². The van der Waals surface area contributed by atoms with E-state index in [0.29, 0.717) is 18.9 Å². The number of amides is 1. The molecule has 138 valence electrons. The average molecular weight is 427 g/mol. The summed E-state index contributed by atoms with van der Waals surface area (Å²) in [6, 6.07) is 15.5. The first-order valence-corrected chi connectivity index (χ1v) is 9.58. The van der Waals surface area contributed by atoms with Gasteiger partial charge in [0.05, 0.1) is 12.0 Å². The molecule has 1 aromatic heterocycles. The highest BCUT2D eigenvalue weighted by molar-refractivity contribution is 9.10. The highest BCUT2D eigenvalue weighted by atomic mass is 79.9. The molecule has 0 bridgehead atoms. The summed E-state index contributed by atoms with van der Waals surface area (Å²) < 4.78 is 8.48. The smallest absolute Gasteiger partial charge is 0.235 e. The Hall–Kier alpha value is -2.67. The van der Waals surface area contributed by atoms with E-state index < -0.39 is 5.41 Å². The minimum absolute atomic E-state index is 0.0320. The van der Waals surface area contributed by atoms with E-state index >= 15 is 0 Å². The van der Waals surface area contributed by atoms with Crippen molar-refractivity contribution >= 4 is 27.5 Å². The molecule has 0 atom stereocenters. The van der Waals surface area contributed by atoms with Crippen molar-refractivity contribution in [3.63, 3.8) is 0 Å². The van der Waals surface area contributed by atoms with E-state index in [1.807, 2.05) is 48.5 Å². The summed E-state index contributed by atoms with van der Waals surface area (Å²) in [6.45, 7) is 1.09. The molecule has 1 aliphatic rings. The quantitative estimate of drug-likeness (QED) is 0.623. The summed E-state index contributed by atoms with van der Waals surface area (Å²) in [4.78, 5) is 16.8. The van der Waals surface area contributed by atoms with Gasteiger partial charge >= 0.3 is 0 Å². The zero-order valence-corrected chi connectivity index (χ0v) is 16.2. The lowest BCUT2D eigenvalue weighted by Gasteiger charge is -2.16. The Bertz CT molecular complexity index is 921. The number of rotatable bonds is 7. The molecule has 2 aromatic carbocycles. The fourth-order valence-corrected chi connectivity index (χ4v) is 3.32. The molecule has 27 heavy (non-hydrogen) atoms. The fourth-order valence-electron chi connectivity index (χ4n) is 3.06.